The van der Waals surface area contributed by atoms with Gasteiger partial charge in [-0.15, -0.1) is 0 Å². The second-order valence-corrected chi connectivity index (χ2v) is 6.45. The van der Waals surface area contributed by atoms with Gasteiger partial charge in [-0.05, 0) is 47.1 Å². The molecule has 1 aromatic heterocycles. The van der Waals surface area contributed by atoms with Gasteiger partial charge in [0.2, 0.25) is 0 Å². The molecule has 0 aliphatic heterocycles. The summed E-state index contributed by atoms with van der Waals surface area (Å²) >= 11 is 0. The van der Waals surface area contributed by atoms with Crippen LogP contribution in [0.1, 0.15) is 71.0 Å². The van der Waals surface area contributed by atoms with Crippen molar-refractivity contribution in [1.29, 1.82) is 0 Å². The van der Waals surface area contributed by atoms with Crippen molar-refractivity contribution < 1.29 is 4.74 Å². The molecule has 122 valence electrons. The van der Waals surface area contributed by atoms with Crippen LogP contribution in [-0.4, -0.2) is 29.0 Å². The Morgan fingerprint density at radius 1 is 1.19 bits per heavy atom. The van der Waals surface area contributed by atoms with Gasteiger partial charge in [0.15, 0.2) is 0 Å². The third kappa shape index (κ3) is 4.82. The van der Waals surface area contributed by atoms with E-state index in [9.17, 15) is 0 Å². The highest BCUT2D eigenvalue weighted by Gasteiger charge is 2.21. The lowest BCUT2D eigenvalue weighted by Gasteiger charge is -2.20. The number of aryl methyl sites for hydroxylation is 1. The summed E-state index contributed by atoms with van der Waals surface area (Å²) in [5, 5.41) is 8.26. The number of ether oxygens (including phenoxy) is 1. The third-order valence-electron chi connectivity index (χ3n) is 3.79. The zero-order valence-electron chi connectivity index (χ0n) is 14.9. The first kappa shape index (κ1) is 18.2. The van der Waals surface area contributed by atoms with Gasteiger partial charge in [-0.1, -0.05) is 20.8 Å². The molecule has 1 atom stereocenters. The molecule has 0 aliphatic rings. The molecule has 0 amide bonds. The van der Waals surface area contributed by atoms with Crippen molar-refractivity contribution in [2.75, 3.05) is 13.7 Å². The second-order valence-electron chi connectivity index (χ2n) is 6.45. The zero-order valence-corrected chi connectivity index (χ0v) is 14.9. The number of hydrogen-bond donors (Lipinski definition) is 1. The lowest BCUT2D eigenvalue weighted by Crippen LogP contribution is -2.23. The standard InChI is InChI=1S/C17H33N3O/c1-8-13(18-7)16-14(9-2)19-20(15(16)10-3)11-12-21-17(4,5)6/h13,18H,8-12H2,1-7H3. The van der Waals surface area contributed by atoms with Crippen LogP contribution in [0.2, 0.25) is 0 Å². The van der Waals surface area contributed by atoms with E-state index in [-0.39, 0.29) is 5.60 Å². The van der Waals surface area contributed by atoms with Crippen LogP contribution in [0.25, 0.3) is 0 Å². The van der Waals surface area contributed by atoms with E-state index in [1.165, 1.54) is 17.0 Å². The Bertz CT molecular complexity index is 428. The minimum atomic E-state index is -0.0904. The molecule has 21 heavy (non-hydrogen) atoms. The van der Waals surface area contributed by atoms with Crippen LogP contribution in [0.4, 0.5) is 0 Å². The van der Waals surface area contributed by atoms with E-state index in [1.807, 2.05) is 7.05 Å². The Balaban J connectivity index is 2.99. The summed E-state index contributed by atoms with van der Waals surface area (Å²) in [4.78, 5) is 0. The molecule has 1 unspecified atom stereocenters. The lowest BCUT2D eigenvalue weighted by molar-refractivity contribution is -0.00817. The zero-order chi connectivity index (χ0) is 16.0. The molecule has 0 saturated heterocycles. The smallest absolute Gasteiger partial charge is 0.0672 e. The Labute approximate surface area is 130 Å². The molecule has 0 spiro atoms. The van der Waals surface area contributed by atoms with E-state index < -0.39 is 0 Å². The predicted molar refractivity (Wildman–Crippen MR) is 88.8 cm³/mol. The molecular weight excluding hydrogens is 262 g/mol. The summed E-state index contributed by atoms with van der Waals surface area (Å²) in [5.41, 5.74) is 3.89. The van der Waals surface area contributed by atoms with Crippen molar-refractivity contribution in [2.45, 2.75) is 79.0 Å². The van der Waals surface area contributed by atoms with E-state index >= 15 is 0 Å². The first-order valence-corrected chi connectivity index (χ1v) is 8.27. The molecule has 0 aromatic carbocycles. The van der Waals surface area contributed by atoms with E-state index in [2.05, 4.69) is 51.5 Å². The minimum Gasteiger partial charge on any atom is -0.374 e. The lowest BCUT2D eigenvalue weighted by atomic mass is 9.99. The molecule has 0 aliphatic carbocycles. The second kappa shape index (κ2) is 7.95. The van der Waals surface area contributed by atoms with Crippen molar-refractivity contribution in [3.05, 3.63) is 17.0 Å². The van der Waals surface area contributed by atoms with Crippen LogP contribution in [0.5, 0.6) is 0 Å². The Kier molecular flexibility index (Phi) is 6.88. The summed E-state index contributed by atoms with van der Waals surface area (Å²) in [6, 6.07) is 0.396. The van der Waals surface area contributed by atoms with Gasteiger partial charge in [0.05, 0.1) is 24.4 Å². The number of rotatable bonds is 8. The van der Waals surface area contributed by atoms with Crippen molar-refractivity contribution in [1.82, 2.24) is 15.1 Å². The fraction of sp³-hybridized carbons (Fsp3) is 0.824. The van der Waals surface area contributed by atoms with Gasteiger partial charge in [-0.25, -0.2) is 0 Å². The van der Waals surface area contributed by atoms with Crippen molar-refractivity contribution >= 4 is 0 Å². The summed E-state index contributed by atoms with van der Waals surface area (Å²) in [5.74, 6) is 0. The summed E-state index contributed by atoms with van der Waals surface area (Å²) in [6.45, 7) is 14.4. The van der Waals surface area contributed by atoms with Crippen molar-refractivity contribution in [2.24, 2.45) is 0 Å². The van der Waals surface area contributed by atoms with Gasteiger partial charge < -0.3 is 10.1 Å². The number of hydrogen-bond acceptors (Lipinski definition) is 3. The molecule has 1 N–H and O–H groups in total. The monoisotopic (exact) mass is 295 g/mol. The average Bonchev–Trinajstić information content (AvgIpc) is 2.77. The molecule has 0 radical (unpaired) electrons. The average molecular weight is 295 g/mol. The maximum absolute atomic E-state index is 5.85. The number of nitrogens with one attached hydrogen (secondary N) is 1. The van der Waals surface area contributed by atoms with Gasteiger partial charge in [0.25, 0.3) is 0 Å². The maximum atomic E-state index is 5.85. The van der Waals surface area contributed by atoms with Gasteiger partial charge in [0, 0.05) is 17.3 Å². The van der Waals surface area contributed by atoms with Crippen molar-refractivity contribution in [3.8, 4) is 0 Å². The minimum absolute atomic E-state index is 0.0904. The molecule has 0 saturated carbocycles. The van der Waals surface area contributed by atoms with E-state index in [1.54, 1.807) is 0 Å². The van der Waals surface area contributed by atoms with Crippen LogP contribution in [0.15, 0.2) is 0 Å². The van der Waals surface area contributed by atoms with Gasteiger partial charge in [-0.2, -0.15) is 5.10 Å². The number of aromatic nitrogens is 2. The Hall–Kier alpha value is -0.870. The highest BCUT2D eigenvalue weighted by molar-refractivity contribution is 5.30. The fourth-order valence-electron chi connectivity index (χ4n) is 2.78. The predicted octanol–water partition coefficient (Wildman–Crippen LogP) is 3.49. The SMILES string of the molecule is CCc1nn(CCOC(C)(C)C)c(CC)c1C(CC)NC. The molecule has 1 rings (SSSR count). The first-order chi connectivity index (χ1) is 9.87. The molecule has 4 nitrogen and oxygen atoms in total. The van der Waals surface area contributed by atoms with E-state index in [4.69, 9.17) is 9.84 Å². The molecule has 1 aromatic rings. The number of nitrogens with zero attached hydrogens (tertiary/aromatic N) is 2. The summed E-state index contributed by atoms with van der Waals surface area (Å²) in [7, 11) is 2.03. The maximum Gasteiger partial charge on any atom is 0.0672 e. The Morgan fingerprint density at radius 3 is 2.29 bits per heavy atom. The normalized spacial score (nSPS) is 13.7. The van der Waals surface area contributed by atoms with Crippen LogP contribution < -0.4 is 5.32 Å². The van der Waals surface area contributed by atoms with E-state index in [0.717, 1.165) is 25.8 Å². The third-order valence-corrected chi connectivity index (χ3v) is 3.79. The highest BCUT2D eigenvalue weighted by Crippen LogP contribution is 2.26. The fourth-order valence-corrected chi connectivity index (χ4v) is 2.78. The summed E-state index contributed by atoms with van der Waals surface area (Å²) < 4.78 is 8.00. The molecule has 4 heteroatoms. The molecule has 0 fully saturated rings. The van der Waals surface area contributed by atoms with Crippen molar-refractivity contribution in [3.63, 3.8) is 0 Å². The van der Waals surface area contributed by atoms with Crippen LogP contribution in [0.3, 0.4) is 0 Å². The largest absolute Gasteiger partial charge is 0.374 e. The first-order valence-electron chi connectivity index (χ1n) is 8.27. The van der Waals surface area contributed by atoms with Crippen LogP contribution in [0, 0.1) is 0 Å². The molecule has 0 bridgehead atoms. The summed E-state index contributed by atoms with van der Waals surface area (Å²) in [6.07, 6.45) is 3.07. The van der Waals surface area contributed by atoms with Crippen LogP contribution >= 0.6 is 0 Å². The van der Waals surface area contributed by atoms with E-state index in [0.29, 0.717) is 12.6 Å². The van der Waals surface area contributed by atoms with Crippen LogP contribution in [-0.2, 0) is 24.1 Å². The topological polar surface area (TPSA) is 39.1 Å². The highest BCUT2D eigenvalue weighted by atomic mass is 16.5. The Morgan fingerprint density at radius 2 is 1.86 bits per heavy atom. The van der Waals surface area contributed by atoms with Gasteiger partial charge in [-0.3, -0.25) is 4.68 Å². The van der Waals surface area contributed by atoms with Gasteiger partial charge in [0.1, 0.15) is 0 Å². The molecular formula is C17H33N3O. The van der Waals surface area contributed by atoms with Gasteiger partial charge >= 0.3 is 0 Å². The quantitative estimate of drug-likeness (QED) is 0.798. The molecule has 1 heterocycles.